The van der Waals surface area contributed by atoms with E-state index in [1.165, 1.54) is 12.0 Å². The second-order valence-corrected chi connectivity index (χ2v) is 8.49. The standard InChI is InChI=1S/C27H25ClN2O5/c1-3-13-35-21-11-8-19(14-22(21)34-2)24-23(25(31)18-6-9-20(28)10-7-18)26(32)27(33)30(24)16-17-5-4-12-29-15-17/h4-12,14-15,24,31H,3,13,16H2,1-2H3/b25-23+. The Balaban J connectivity index is 1.85. The Morgan fingerprint density at radius 3 is 2.54 bits per heavy atom. The number of aliphatic hydroxyl groups excluding tert-OH is 1. The van der Waals surface area contributed by atoms with Crippen molar-refractivity contribution in [3.8, 4) is 11.5 Å². The van der Waals surface area contributed by atoms with E-state index in [9.17, 15) is 14.7 Å². The van der Waals surface area contributed by atoms with Crippen LogP contribution in [-0.2, 0) is 16.1 Å². The third kappa shape index (κ3) is 5.00. The summed E-state index contributed by atoms with van der Waals surface area (Å²) in [7, 11) is 1.53. The molecule has 3 aromatic rings. The molecule has 180 valence electrons. The van der Waals surface area contributed by atoms with Crippen LogP contribution in [-0.4, -0.2) is 40.4 Å². The summed E-state index contributed by atoms with van der Waals surface area (Å²) in [6, 6.07) is 14.4. The normalized spacial score (nSPS) is 17.0. The summed E-state index contributed by atoms with van der Waals surface area (Å²) in [4.78, 5) is 32.0. The second kappa shape index (κ2) is 10.6. The highest BCUT2D eigenvalue weighted by atomic mass is 35.5. The maximum absolute atomic E-state index is 13.2. The molecule has 8 heteroatoms. The average molecular weight is 493 g/mol. The van der Waals surface area contributed by atoms with E-state index < -0.39 is 17.7 Å². The first kappa shape index (κ1) is 24.3. The van der Waals surface area contributed by atoms with Crippen molar-refractivity contribution in [1.29, 1.82) is 0 Å². The molecule has 1 atom stereocenters. The third-order valence-corrected chi connectivity index (χ3v) is 5.95. The third-order valence-electron chi connectivity index (χ3n) is 5.70. The number of rotatable bonds is 8. The van der Waals surface area contributed by atoms with Crippen LogP contribution in [0.2, 0.25) is 5.02 Å². The molecule has 4 rings (SSSR count). The Morgan fingerprint density at radius 1 is 1.11 bits per heavy atom. The molecular weight excluding hydrogens is 468 g/mol. The molecule has 1 aromatic heterocycles. The largest absolute Gasteiger partial charge is 0.507 e. The zero-order valence-electron chi connectivity index (χ0n) is 19.4. The fourth-order valence-electron chi connectivity index (χ4n) is 4.03. The summed E-state index contributed by atoms with van der Waals surface area (Å²) in [6.07, 6.45) is 4.10. The van der Waals surface area contributed by atoms with Gasteiger partial charge in [-0.15, -0.1) is 0 Å². The van der Waals surface area contributed by atoms with Gasteiger partial charge in [-0.05, 0) is 60.0 Å². The number of aromatic nitrogens is 1. The number of pyridine rings is 1. The number of likely N-dealkylation sites (tertiary alicyclic amines) is 1. The highest BCUT2D eigenvalue weighted by molar-refractivity contribution is 6.46. The zero-order chi connectivity index (χ0) is 24.9. The maximum atomic E-state index is 13.2. The highest BCUT2D eigenvalue weighted by Gasteiger charge is 2.46. The molecule has 2 heterocycles. The molecule has 1 saturated heterocycles. The molecule has 0 aliphatic carbocycles. The van der Waals surface area contributed by atoms with Gasteiger partial charge in [0.05, 0.1) is 25.3 Å². The van der Waals surface area contributed by atoms with E-state index in [0.717, 1.165) is 12.0 Å². The number of ketones is 1. The predicted molar refractivity (Wildman–Crippen MR) is 132 cm³/mol. The molecule has 2 aromatic carbocycles. The van der Waals surface area contributed by atoms with Crippen molar-refractivity contribution in [3.63, 3.8) is 0 Å². The summed E-state index contributed by atoms with van der Waals surface area (Å²) in [5.74, 6) is -0.727. The van der Waals surface area contributed by atoms with Crippen LogP contribution in [0.25, 0.3) is 5.76 Å². The number of hydrogen-bond acceptors (Lipinski definition) is 6. The van der Waals surface area contributed by atoms with Crippen molar-refractivity contribution in [1.82, 2.24) is 9.88 Å². The lowest BCUT2D eigenvalue weighted by Crippen LogP contribution is -2.29. The molecule has 1 N–H and O–H groups in total. The summed E-state index contributed by atoms with van der Waals surface area (Å²) in [5.41, 5.74) is 1.73. The van der Waals surface area contributed by atoms with E-state index >= 15 is 0 Å². The molecule has 0 radical (unpaired) electrons. The van der Waals surface area contributed by atoms with Gasteiger partial charge in [0.25, 0.3) is 11.7 Å². The molecule has 1 aliphatic rings. The minimum Gasteiger partial charge on any atom is -0.507 e. The van der Waals surface area contributed by atoms with Gasteiger partial charge in [-0.1, -0.05) is 30.7 Å². The lowest BCUT2D eigenvalue weighted by Gasteiger charge is -2.26. The van der Waals surface area contributed by atoms with E-state index in [4.69, 9.17) is 21.1 Å². The Morgan fingerprint density at radius 2 is 1.89 bits per heavy atom. The molecule has 1 fully saturated rings. The van der Waals surface area contributed by atoms with Crippen LogP contribution in [0.3, 0.4) is 0 Å². The van der Waals surface area contributed by atoms with Crippen molar-refractivity contribution in [3.05, 3.63) is 94.3 Å². The van der Waals surface area contributed by atoms with Crippen LogP contribution in [0.5, 0.6) is 11.5 Å². The van der Waals surface area contributed by atoms with Gasteiger partial charge in [0, 0.05) is 29.5 Å². The van der Waals surface area contributed by atoms with Crippen molar-refractivity contribution < 1.29 is 24.2 Å². The van der Waals surface area contributed by atoms with Gasteiger partial charge in [-0.25, -0.2) is 0 Å². The Bertz CT molecular complexity index is 1260. The van der Waals surface area contributed by atoms with Crippen LogP contribution in [0, 0.1) is 0 Å². The molecule has 1 unspecified atom stereocenters. The van der Waals surface area contributed by atoms with E-state index in [1.807, 2.05) is 13.0 Å². The quantitative estimate of drug-likeness (QED) is 0.265. The molecule has 1 aliphatic heterocycles. The number of amides is 1. The molecule has 1 amide bonds. The van der Waals surface area contributed by atoms with Crippen molar-refractivity contribution in [2.45, 2.75) is 25.9 Å². The first-order valence-corrected chi connectivity index (χ1v) is 11.6. The number of methoxy groups -OCH3 is 1. The van der Waals surface area contributed by atoms with E-state index in [2.05, 4.69) is 4.98 Å². The number of carbonyl (C=O) groups excluding carboxylic acids is 2. The van der Waals surface area contributed by atoms with Gasteiger partial charge < -0.3 is 19.5 Å². The van der Waals surface area contributed by atoms with Gasteiger partial charge in [-0.3, -0.25) is 14.6 Å². The maximum Gasteiger partial charge on any atom is 0.295 e. The Kier molecular flexibility index (Phi) is 7.36. The summed E-state index contributed by atoms with van der Waals surface area (Å²) < 4.78 is 11.3. The molecule has 35 heavy (non-hydrogen) atoms. The van der Waals surface area contributed by atoms with Gasteiger partial charge in [0.1, 0.15) is 5.76 Å². The van der Waals surface area contributed by atoms with Crippen LogP contribution in [0.4, 0.5) is 0 Å². The number of ether oxygens (including phenoxy) is 2. The topological polar surface area (TPSA) is 89.0 Å². The number of benzene rings is 2. The zero-order valence-corrected chi connectivity index (χ0v) is 20.2. The Labute approximate surface area is 208 Å². The number of nitrogens with zero attached hydrogens (tertiary/aromatic N) is 2. The first-order valence-electron chi connectivity index (χ1n) is 11.2. The molecule has 0 bridgehead atoms. The van der Waals surface area contributed by atoms with Gasteiger partial charge in [-0.2, -0.15) is 0 Å². The highest BCUT2D eigenvalue weighted by Crippen LogP contribution is 2.42. The predicted octanol–water partition coefficient (Wildman–Crippen LogP) is 5.15. The van der Waals surface area contributed by atoms with Crippen molar-refractivity contribution in [2.24, 2.45) is 0 Å². The smallest absolute Gasteiger partial charge is 0.295 e. The molecule has 7 nitrogen and oxygen atoms in total. The van der Waals surface area contributed by atoms with E-state index in [1.54, 1.807) is 60.9 Å². The number of Topliss-reactive ketones (excluding diaryl/α,β-unsaturated/α-hetero) is 1. The number of carbonyl (C=O) groups is 2. The SMILES string of the molecule is CCCOc1ccc(C2/C(=C(\O)c3ccc(Cl)cc3)C(=O)C(=O)N2Cc2cccnc2)cc1OC. The van der Waals surface area contributed by atoms with Gasteiger partial charge in [0.2, 0.25) is 0 Å². The first-order chi connectivity index (χ1) is 16.9. The fourth-order valence-corrected chi connectivity index (χ4v) is 4.15. The minimum atomic E-state index is -0.847. The lowest BCUT2D eigenvalue weighted by molar-refractivity contribution is -0.140. The van der Waals surface area contributed by atoms with Crippen LogP contribution in [0.1, 0.15) is 36.1 Å². The fraction of sp³-hybridized carbons (Fsp3) is 0.222. The van der Waals surface area contributed by atoms with Crippen molar-refractivity contribution >= 4 is 29.1 Å². The number of hydrogen-bond donors (Lipinski definition) is 1. The van der Waals surface area contributed by atoms with Gasteiger partial charge >= 0.3 is 0 Å². The number of aliphatic hydroxyl groups is 1. The Hall–Kier alpha value is -3.84. The van der Waals surface area contributed by atoms with Crippen LogP contribution in [0.15, 0.2) is 72.6 Å². The molecule has 0 spiro atoms. The number of halogens is 1. The van der Waals surface area contributed by atoms with E-state index in [-0.39, 0.29) is 17.9 Å². The summed E-state index contributed by atoms with van der Waals surface area (Å²) in [5, 5.41) is 11.7. The van der Waals surface area contributed by atoms with E-state index in [0.29, 0.717) is 34.3 Å². The van der Waals surface area contributed by atoms with Gasteiger partial charge in [0.15, 0.2) is 11.5 Å². The monoisotopic (exact) mass is 492 g/mol. The van der Waals surface area contributed by atoms with Crippen LogP contribution >= 0.6 is 11.6 Å². The van der Waals surface area contributed by atoms with Crippen molar-refractivity contribution in [2.75, 3.05) is 13.7 Å². The van der Waals surface area contributed by atoms with Crippen LogP contribution < -0.4 is 9.47 Å². The molecular formula is C27H25ClN2O5. The minimum absolute atomic E-state index is 0.00880. The average Bonchev–Trinajstić information content (AvgIpc) is 3.13. The lowest BCUT2D eigenvalue weighted by atomic mass is 9.95. The second-order valence-electron chi connectivity index (χ2n) is 8.05. The summed E-state index contributed by atoms with van der Waals surface area (Å²) in [6.45, 7) is 2.66. The summed E-state index contributed by atoms with van der Waals surface area (Å²) >= 11 is 5.99. The molecule has 0 saturated carbocycles.